The largest absolute Gasteiger partial charge is 0.462 e. The number of hydrogen-bond donors (Lipinski definition) is 0. The lowest BCUT2D eigenvalue weighted by Gasteiger charge is -2.10. The van der Waals surface area contributed by atoms with Crippen LogP contribution in [-0.2, 0) is 14.3 Å². The molecular weight excluding hydrogens is 194 g/mol. The zero-order valence-corrected chi connectivity index (χ0v) is 9.07. The van der Waals surface area contributed by atoms with Gasteiger partial charge in [-0.25, -0.2) is 14.6 Å². The first-order valence-corrected chi connectivity index (χ1v) is 5.03. The Labute approximate surface area is 90.0 Å². The van der Waals surface area contributed by atoms with Gasteiger partial charge in [0.05, 0.1) is 13.2 Å². The van der Waals surface area contributed by atoms with Crippen molar-refractivity contribution in [2.45, 2.75) is 26.2 Å². The standard InChI is InChI=1S/C11H17NO3/c1-3-11(14)15-8-10(2)6-4-5-7-12-9-13/h3,10H,1,4-8H2,2H3. The summed E-state index contributed by atoms with van der Waals surface area (Å²) in [7, 11) is 0. The quantitative estimate of drug-likeness (QED) is 0.202. The van der Waals surface area contributed by atoms with Crippen LogP contribution in [0.1, 0.15) is 26.2 Å². The highest BCUT2D eigenvalue weighted by atomic mass is 16.5. The molecule has 0 heterocycles. The minimum Gasteiger partial charge on any atom is -0.462 e. The molecular formula is C11H17NO3. The molecule has 1 atom stereocenters. The SMILES string of the molecule is C=CC(=O)OCC(C)CCCCN=C=O. The van der Waals surface area contributed by atoms with Crippen molar-refractivity contribution in [3.8, 4) is 0 Å². The summed E-state index contributed by atoms with van der Waals surface area (Å²) in [6.07, 6.45) is 5.45. The van der Waals surface area contributed by atoms with Crippen LogP contribution in [0.5, 0.6) is 0 Å². The summed E-state index contributed by atoms with van der Waals surface area (Å²) in [5, 5.41) is 0. The molecule has 0 aromatic heterocycles. The predicted molar refractivity (Wildman–Crippen MR) is 57.2 cm³/mol. The van der Waals surface area contributed by atoms with Gasteiger partial charge in [-0.15, -0.1) is 0 Å². The molecule has 0 aliphatic carbocycles. The van der Waals surface area contributed by atoms with Crippen molar-refractivity contribution in [2.75, 3.05) is 13.2 Å². The second-order valence-corrected chi connectivity index (χ2v) is 3.41. The first kappa shape index (κ1) is 13.6. The Kier molecular flexibility index (Phi) is 8.30. The first-order valence-electron chi connectivity index (χ1n) is 5.03. The maximum Gasteiger partial charge on any atom is 0.330 e. The summed E-state index contributed by atoms with van der Waals surface area (Å²) in [5.41, 5.74) is 0. The van der Waals surface area contributed by atoms with Crippen LogP contribution in [0, 0.1) is 5.92 Å². The van der Waals surface area contributed by atoms with Crippen LogP contribution in [0.15, 0.2) is 17.6 Å². The monoisotopic (exact) mass is 211 g/mol. The molecule has 0 aliphatic heterocycles. The fourth-order valence-corrected chi connectivity index (χ4v) is 1.10. The number of isocyanates is 1. The van der Waals surface area contributed by atoms with Crippen LogP contribution >= 0.6 is 0 Å². The minimum atomic E-state index is -0.382. The maximum absolute atomic E-state index is 10.7. The number of rotatable bonds is 8. The molecule has 4 heteroatoms. The molecule has 0 aromatic carbocycles. The van der Waals surface area contributed by atoms with Crippen molar-refractivity contribution in [2.24, 2.45) is 10.9 Å². The summed E-state index contributed by atoms with van der Waals surface area (Å²) in [4.78, 5) is 23.9. The Bertz CT molecular complexity index is 244. The van der Waals surface area contributed by atoms with Gasteiger partial charge in [0.15, 0.2) is 0 Å². The molecule has 0 saturated carbocycles. The van der Waals surface area contributed by atoms with Crippen molar-refractivity contribution in [1.82, 2.24) is 0 Å². The average Bonchev–Trinajstić information content (AvgIpc) is 2.25. The summed E-state index contributed by atoms with van der Waals surface area (Å²) in [6.45, 7) is 6.27. The topological polar surface area (TPSA) is 55.7 Å². The second kappa shape index (κ2) is 9.16. The molecule has 0 spiro atoms. The van der Waals surface area contributed by atoms with Gasteiger partial charge in [-0.3, -0.25) is 0 Å². The molecule has 0 fully saturated rings. The molecule has 0 aromatic rings. The van der Waals surface area contributed by atoms with Crippen LogP contribution in [-0.4, -0.2) is 25.2 Å². The van der Waals surface area contributed by atoms with Crippen LogP contribution in [0.4, 0.5) is 0 Å². The van der Waals surface area contributed by atoms with E-state index >= 15 is 0 Å². The molecule has 0 radical (unpaired) electrons. The van der Waals surface area contributed by atoms with Crippen molar-refractivity contribution in [3.05, 3.63) is 12.7 Å². The zero-order valence-electron chi connectivity index (χ0n) is 9.07. The van der Waals surface area contributed by atoms with Crippen molar-refractivity contribution in [1.29, 1.82) is 0 Å². The van der Waals surface area contributed by atoms with Gasteiger partial charge in [0.1, 0.15) is 0 Å². The Morgan fingerprint density at radius 2 is 2.33 bits per heavy atom. The summed E-state index contributed by atoms with van der Waals surface area (Å²) in [6, 6.07) is 0. The van der Waals surface area contributed by atoms with Gasteiger partial charge < -0.3 is 4.74 Å². The number of unbranched alkanes of at least 4 members (excludes halogenated alkanes) is 1. The molecule has 0 aliphatic rings. The number of ether oxygens (including phenoxy) is 1. The highest BCUT2D eigenvalue weighted by molar-refractivity contribution is 5.81. The maximum atomic E-state index is 10.7. The molecule has 84 valence electrons. The number of nitrogens with zero attached hydrogens (tertiary/aromatic N) is 1. The van der Waals surface area contributed by atoms with Crippen LogP contribution in [0.25, 0.3) is 0 Å². The molecule has 0 N–H and O–H groups in total. The van der Waals surface area contributed by atoms with E-state index in [0.29, 0.717) is 19.1 Å². The third-order valence-electron chi connectivity index (χ3n) is 1.96. The second-order valence-electron chi connectivity index (χ2n) is 3.41. The van der Waals surface area contributed by atoms with E-state index in [0.717, 1.165) is 25.3 Å². The van der Waals surface area contributed by atoms with Gasteiger partial charge in [0.25, 0.3) is 0 Å². The third kappa shape index (κ3) is 8.91. The Morgan fingerprint density at radius 3 is 2.93 bits per heavy atom. The van der Waals surface area contributed by atoms with Gasteiger partial charge >= 0.3 is 5.97 Å². The average molecular weight is 211 g/mol. The normalized spacial score (nSPS) is 11.3. The van der Waals surface area contributed by atoms with Gasteiger partial charge in [0, 0.05) is 6.08 Å². The Balaban J connectivity index is 3.40. The van der Waals surface area contributed by atoms with Crippen LogP contribution in [0.2, 0.25) is 0 Å². The van der Waals surface area contributed by atoms with E-state index in [4.69, 9.17) is 4.74 Å². The zero-order chi connectivity index (χ0) is 11.5. The molecule has 0 rings (SSSR count). The van der Waals surface area contributed by atoms with E-state index in [-0.39, 0.29) is 5.97 Å². The fourth-order valence-electron chi connectivity index (χ4n) is 1.10. The van der Waals surface area contributed by atoms with E-state index in [2.05, 4.69) is 11.6 Å². The Hall–Kier alpha value is -1.41. The van der Waals surface area contributed by atoms with E-state index < -0.39 is 0 Å². The lowest BCUT2D eigenvalue weighted by molar-refractivity contribution is -0.138. The molecule has 4 nitrogen and oxygen atoms in total. The lowest BCUT2D eigenvalue weighted by Crippen LogP contribution is -2.09. The summed E-state index contributed by atoms with van der Waals surface area (Å²) < 4.78 is 4.89. The third-order valence-corrected chi connectivity index (χ3v) is 1.96. The van der Waals surface area contributed by atoms with Crippen LogP contribution in [0.3, 0.4) is 0 Å². The van der Waals surface area contributed by atoms with Gasteiger partial charge in [-0.05, 0) is 18.8 Å². The van der Waals surface area contributed by atoms with E-state index in [1.54, 1.807) is 0 Å². The molecule has 15 heavy (non-hydrogen) atoms. The number of aliphatic imine (C=N–C) groups is 1. The number of carbonyl (C=O) groups is 1. The molecule has 0 saturated heterocycles. The fraction of sp³-hybridized carbons (Fsp3) is 0.636. The van der Waals surface area contributed by atoms with Crippen molar-refractivity contribution >= 4 is 12.0 Å². The molecule has 1 unspecified atom stereocenters. The number of hydrogen-bond acceptors (Lipinski definition) is 4. The van der Waals surface area contributed by atoms with Gasteiger partial charge in [-0.1, -0.05) is 19.9 Å². The van der Waals surface area contributed by atoms with E-state index in [9.17, 15) is 9.59 Å². The van der Waals surface area contributed by atoms with Gasteiger partial charge in [0.2, 0.25) is 6.08 Å². The number of esters is 1. The highest BCUT2D eigenvalue weighted by Crippen LogP contribution is 2.08. The molecule has 0 amide bonds. The van der Waals surface area contributed by atoms with Gasteiger partial charge in [-0.2, -0.15) is 0 Å². The smallest absolute Gasteiger partial charge is 0.330 e. The molecule has 0 bridgehead atoms. The number of carbonyl (C=O) groups excluding carboxylic acids is 2. The summed E-state index contributed by atoms with van der Waals surface area (Å²) in [5.74, 6) is -0.0542. The predicted octanol–water partition coefficient (Wildman–Crippen LogP) is 1.86. The van der Waals surface area contributed by atoms with Crippen LogP contribution < -0.4 is 0 Å². The first-order chi connectivity index (χ1) is 7.20. The lowest BCUT2D eigenvalue weighted by atomic mass is 10.1. The van der Waals surface area contributed by atoms with Crippen molar-refractivity contribution in [3.63, 3.8) is 0 Å². The van der Waals surface area contributed by atoms with E-state index in [1.165, 1.54) is 6.08 Å². The van der Waals surface area contributed by atoms with E-state index in [1.807, 2.05) is 6.92 Å². The van der Waals surface area contributed by atoms with Crippen molar-refractivity contribution < 1.29 is 14.3 Å². The highest BCUT2D eigenvalue weighted by Gasteiger charge is 2.04. The summed E-state index contributed by atoms with van der Waals surface area (Å²) >= 11 is 0. The Morgan fingerprint density at radius 1 is 1.60 bits per heavy atom. The minimum absolute atomic E-state index is 0.328.